The molecule has 3 aromatic rings. The van der Waals surface area contributed by atoms with Crippen molar-refractivity contribution in [3.63, 3.8) is 0 Å². The van der Waals surface area contributed by atoms with Gasteiger partial charge < -0.3 is 14.3 Å². The van der Waals surface area contributed by atoms with Crippen LogP contribution in [0.3, 0.4) is 0 Å². The number of hydrogen-bond acceptors (Lipinski definition) is 4. The van der Waals surface area contributed by atoms with Crippen molar-refractivity contribution in [2.75, 3.05) is 6.54 Å². The van der Waals surface area contributed by atoms with Gasteiger partial charge in [-0.2, -0.15) is 0 Å². The van der Waals surface area contributed by atoms with E-state index in [4.69, 9.17) is 4.42 Å². The lowest BCUT2D eigenvalue weighted by Crippen LogP contribution is -2.38. The molecule has 0 aliphatic carbocycles. The smallest absolute Gasteiger partial charge is 0.226 e. The van der Waals surface area contributed by atoms with E-state index in [1.165, 1.54) is 5.69 Å². The second-order valence-corrected chi connectivity index (χ2v) is 6.73. The quantitative estimate of drug-likeness (QED) is 0.768. The standard InChI is InChI=1S/C20H22N4O2/c25-20(22-10-16-3-1-6-21-9-16)18-12-23(11-17-5-8-26-15-17)14-19-4-2-7-24(19)13-18/h1-9,15,18H,10-14H2,(H,22,25)/t18-/m0/s1. The summed E-state index contributed by atoms with van der Waals surface area (Å²) in [4.78, 5) is 19.2. The molecule has 1 amide bonds. The Balaban J connectivity index is 1.46. The summed E-state index contributed by atoms with van der Waals surface area (Å²) in [6.45, 7) is 3.51. The topological polar surface area (TPSA) is 63.3 Å². The van der Waals surface area contributed by atoms with E-state index in [0.29, 0.717) is 19.6 Å². The first-order chi connectivity index (χ1) is 12.8. The second-order valence-electron chi connectivity index (χ2n) is 6.73. The minimum Gasteiger partial charge on any atom is -0.472 e. The Kier molecular flexibility index (Phi) is 4.84. The number of nitrogens with one attached hydrogen (secondary N) is 1. The number of carbonyl (C=O) groups excluding carboxylic acids is 1. The molecule has 0 fully saturated rings. The van der Waals surface area contributed by atoms with Crippen LogP contribution in [0.15, 0.2) is 65.9 Å². The molecule has 4 rings (SSSR count). The molecule has 0 bridgehead atoms. The molecule has 26 heavy (non-hydrogen) atoms. The third kappa shape index (κ3) is 3.86. The summed E-state index contributed by atoms with van der Waals surface area (Å²) in [6, 6.07) is 9.99. The van der Waals surface area contributed by atoms with E-state index >= 15 is 0 Å². The van der Waals surface area contributed by atoms with Gasteiger partial charge in [-0.1, -0.05) is 6.07 Å². The highest BCUT2D eigenvalue weighted by molar-refractivity contribution is 5.78. The van der Waals surface area contributed by atoms with Crippen molar-refractivity contribution >= 4 is 5.91 Å². The summed E-state index contributed by atoms with van der Waals surface area (Å²) in [5, 5.41) is 3.06. The molecule has 1 atom stereocenters. The summed E-state index contributed by atoms with van der Waals surface area (Å²) < 4.78 is 7.37. The van der Waals surface area contributed by atoms with Crippen molar-refractivity contribution in [3.05, 3.63) is 78.3 Å². The normalized spacial score (nSPS) is 17.5. The first kappa shape index (κ1) is 16.6. The number of nitrogens with zero attached hydrogens (tertiary/aromatic N) is 3. The van der Waals surface area contributed by atoms with Gasteiger partial charge in [0.15, 0.2) is 0 Å². The molecule has 0 saturated heterocycles. The molecule has 0 aromatic carbocycles. The van der Waals surface area contributed by atoms with Crippen LogP contribution < -0.4 is 5.32 Å². The number of pyridine rings is 1. The lowest BCUT2D eigenvalue weighted by Gasteiger charge is -2.23. The van der Waals surface area contributed by atoms with Crippen LogP contribution in [0.25, 0.3) is 0 Å². The zero-order chi connectivity index (χ0) is 17.8. The van der Waals surface area contributed by atoms with Gasteiger partial charge in [-0.05, 0) is 29.8 Å². The molecule has 134 valence electrons. The Labute approximate surface area is 152 Å². The first-order valence-corrected chi connectivity index (χ1v) is 8.82. The van der Waals surface area contributed by atoms with Crippen LogP contribution in [-0.4, -0.2) is 26.9 Å². The summed E-state index contributed by atoms with van der Waals surface area (Å²) in [5.41, 5.74) is 3.36. The predicted molar refractivity (Wildman–Crippen MR) is 96.8 cm³/mol. The highest BCUT2D eigenvalue weighted by atomic mass is 16.3. The molecule has 6 nitrogen and oxygen atoms in total. The molecule has 6 heteroatoms. The number of rotatable bonds is 5. The van der Waals surface area contributed by atoms with E-state index in [0.717, 1.165) is 24.2 Å². The van der Waals surface area contributed by atoms with E-state index < -0.39 is 0 Å². The van der Waals surface area contributed by atoms with Crippen molar-refractivity contribution < 1.29 is 9.21 Å². The zero-order valence-corrected chi connectivity index (χ0v) is 14.5. The highest BCUT2D eigenvalue weighted by Gasteiger charge is 2.26. The van der Waals surface area contributed by atoms with Crippen molar-refractivity contribution in [3.8, 4) is 0 Å². The number of fused-ring (bicyclic) bond motifs is 1. The van der Waals surface area contributed by atoms with Crippen molar-refractivity contribution in [2.24, 2.45) is 5.92 Å². The van der Waals surface area contributed by atoms with Crippen LogP contribution in [0.1, 0.15) is 16.8 Å². The Morgan fingerprint density at radius 2 is 2.19 bits per heavy atom. The fourth-order valence-electron chi connectivity index (χ4n) is 3.43. The van der Waals surface area contributed by atoms with Crippen LogP contribution in [-0.2, 0) is 31.0 Å². The first-order valence-electron chi connectivity index (χ1n) is 8.82. The van der Waals surface area contributed by atoms with Crippen LogP contribution >= 0.6 is 0 Å². The van der Waals surface area contributed by atoms with E-state index in [1.807, 2.05) is 24.3 Å². The third-order valence-electron chi connectivity index (χ3n) is 4.75. The lowest BCUT2D eigenvalue weighted by atomic mass is 10.1. The van der Waals surface area contributed by atoms with E-state index in [1.54, 1.807) is 24.9 Å². The minimum absolute atomic E-state index is 0.0765. The molecule has 1 aliphatic rings. The Hall–Kier alpha value is -2.86. The molecular formula is C20H22N4O2. The van der Waals surface area contributed by atoms with E-state index in [2.05, 4.69) is 32.0 Å². The van der Waals surface area contributed by atoms with Gasteiger partial charge >= 0.3 is 0 Å². The molecule has 0 radical (unpaired) electrons. The molecule has 4 heterocycles. The summed E-state index contributed by atoms with van der Waals surface area (Å²) in [7, 11) is 0. The molecule has 1 N–H and O–H groups in total. The van der Waals surface area contributed by atoms with Crippen LogP contribution in [0.5, 0.6) is 0 Å². The number of furan rings is 1. The average molecular weight is 350 g/mol. The highest BCUT2D eigenvalue weighted by Crippen LogP contribution is 2.19. The van der Waals surface area contributed by atoms with Gasteiger partial charge in [0.2, 0.25) is 5.91 Å². The Bertz CT molecular complexity index is 842. The molecular weight excluding hydrogens is 328 g/mol. The van der Waals surface area contributed by atoms with Crippen LogP contribution in [0.2, 0.25) is 0 Å². The van der Waals surface area contributed by atoms with Gasteiger partial charge in [0.25, 0.3) is 0 Å². The van der Waals surface area contributed by atoms with Crippen LogP contribution in [0, 0.1) is 5.92 Å². The molecule has 0 saturated carbocycles. The Morgan fingerprint density at radius 1 is 1.23 bits per heavy atom. The predicted octanol–water partition coefficient (Wildman–Crippen LogP) is 2.42. The van der Waals surface area contributed by atoms with Gasteiger partial charge in [-0.3, -0.25) is 14.7 Å². The SMILES string of the molecule is O=C(NCc1cccnc1)[C@H]1CN(Cc2ccoc2)Cc2cccn2C1. The van der Waals surface area contributed by atoms with Gasteiger partial charge in [-0.25, -0.2) is 0 Å². The molecule has 0 unspecified atom stereocenters. The fourth-order valence-corrected chi connectivity index (χ4v) is 3.43. The van der Waals surface area contributed by atoms with Crippen molar-refractivity contribution in [1.29, 1.82) is 0 Å². The fraction of sp³-hybridized carbons (Fsp3) is 0.300. The largest absolute Gasteiger partial charge is 0.472 e. The number of aromatic nitrogens is 2. The summed E-state index contributed by atoms with van der Waals surface area (Å²) in [5.74, 6) is -0.0279. The lowest BCUT2D eigenvalue weighted by molar-refractivity contribution is -0.126. The summed E-state index contributed by atoms with van der Waals surface area (Å²) in [6.07, 6.45) is 9.02. The van der Waals surface area contributed by atoms with Crippen molar-refractivity contribution in [2.45, 2.75) is 26.2 Å². The zero-order valence-electron chi connectivity index (χ0n) is 14.5. The van der Waals surface area contributed by atoms with Crippen LogP contribution in [0.4, 0.5) is 0 Å². The average Bonchev–Trinajstić information content (AvgIpc) is 3.29. The summed E-state index contributed by atoms with van der Waals surface area (Å²) >= 11 is 0. The van der Waals surface area contributed by atoms with Gasteiger partial charge in [0.1, 0.15) is 0 Å². The number of carbonyl (C=O) groups is 1. The number of amides is 1. The second kappa shape index (κ2) is 7.58. The third-order valence-corrected chi connectivity index (χ3v) is 4.75. The maximum atomic E-state index is 12.8. The molecule has 1 aliphatic heterocycles. The molecule has 0 spiro atoms. The van der Waals surface area contributed by atoms with Gasteiger partial charge in [0.05, 0.1) is 18.4 Å². The van der Waals surface area contributed by atoms with Crippen molar-refractivity contribution in [1.82, 2.24) is 19.8 Å². The van der Waals surface area contributed by atoms with E-state index in [-0.39, 0.29) is 11.8 Å². The minimum atomic E-state index is -0.104. The number of hydrogen-bond donors (Lipinski definition) is 1. The van der Waals surface area contributed by atoms with E-state index in [9.17, 15) is 4.79 Å². The molecule has 3 aromatic heterocycles. The maximum absolute atomic E-state index is 12.8. The maximum Gasteiger partial charge on any atom is 0.226 e. The monoisotopic (exact) mass is 350 g/mol. The van der Waals surface area contributed by atoms with Gasteiger partial charge in [-0.15, -0.1) is 0 Å². The van der Waals surface area contributed by atoms with Gasteiger partial charge in [0, 0.05) is 62.6 Å². The Morgan fingerprint density at radius 3 is 3.00 bits per heavy atom.